The number of benzene rings is 2. The molecule has 6 heteroatoms. The summed E-state index contributed by atoms with van der Waals surface area (Å²) in [5.41, 5.74) is 4.73. The molecule has 0 saturated carbocycles. The molecule has 0 unspecified atom stereocenters. The molecule has 30 heavy (non-hydrogen) atoms. The molecule has 2 N–H and O–H groups in total. The molecular weight excluding hydrogens is 376 g/mol. The van der Waals surface area contributed by atoms with Crippen LogP contribution in [0.15, 0.2) is 46.9 Å². The second-order valence-electron chi connectivity index (χ2n) is 7.90. The van der Waals surface area contributed by atoms with Gasteiger partial charge in [-0.25, -0.2) is 0 Å². The van der Waals surface area contributed by atoms with Crippen molar-refractivity contribution in [2.24, 2.45) is 0 Å². The summed E-state index contributed by atoms with van der Waals surface area (Å²) in [6.45, 7) is 4.73. The quantitative estimate of drug-likeness (QED) is 0.673. The van der Waals surface area contributed by atoms with Gasteiger partial charge in [-0.2, -0.15) is 5.26 Å². The topological polar surface area (TPSA) is 81.3 Å². The van der Waals surface area contributed by atoms with E-state index in [1.165, 1.54) is 5.56 Å². The number of carbonyl (C=O) groups is 1. The Labute approximate surface area is 176 Å². The number of aryl methyl sites for hydroxylation is 1. The summed E-state index contributed by atoms with van der Waals surface area (Å²) in [5.74, 6) is 0.207. The molecular formula is C24H26N4O2. The van der Waals surface area contributed by atoms with Gasteiger partial charge in [0.05, 0.1) is 11.6 Å². The summed E-state index contributed by atoms with van der Waals surface area (Å²) >= 11 is 0. The normalized spacial score (nSPS) is 15.1. The maximum Gasteiger partial charge on any atom is 0.287 e. The first kappa shape index (κ1) is 20.0. The third-order valence-corrected chi connectivity index (χ3v) is 5.77. The van der Waals surface area contributed by atoms with Gasteiger partial charge < -0.3 is 15.1 Å². The van der Waals surface area contributed by atoms with E-state index < -0.39 is 0 Å². The van der Waals surface area contributed by atoms with Gasteiger partial charge in [0.25, 0.3) is 5.91 Å². The minimum Gasteiger partial charge on any atom is -0.451 e. The Morgan fingerprint density at radius 2 is 1.93 bits per heavy atom. The Hall–Kier alpha value is -3.30. The zero-order valence-corrected chi connectivity index (χ0v) is 17.4. The van der Waals surface area contributed by atoms with Crippen molar-refractivity contribution in [1.29, 1.82) is 5.26 Å². The van der Waals surface area contributed by atoms with Crippen LogP contribution < -0.4 is 10.6 Å². The van der Waals surface area contributed by atoms with E-state index in [9.17, 15) is 4.79 Å². The number of nitriles is 1. The van der Waals surface area contributed by atoms with Crippen molar-refractivity contribution in [2.75, 3.05) is 25.5 Å². The highest BCUT2D eigenvalue weighted by atomic mass is 16.3. The Morgan fingerprint density at radius 3 is 2.60 bits per heavy atom. The maximum atomic E-state index is 12.7. The number of furan rings is 1. The Balaban J connectivity index is 1.32. The fraction of sp³-hybridized carbons (Fsp3) is 0.333. The largest absolute Gasteiger partial charge is 0.451 e. The highest BCUT2D eigenvalue weighted by Crippen LogP contribution is 2.26. The third-order valence-electron chi connectivity index (χ3n) is 5.77. The van der Waals surface area contributed by atoms with E-state index in [1.807, 2.05) is 56.4 Å². The summed E-state index contributed by atoms with van der Waals surface area (Å²) in [5, 5.41) is 16.1. The molecule has 1 aliphatic rings. The molecule has 0 bridgehead atoms. The van der Waals surface area contributed by atoms with Crippen molar-refractivity contribution in [3.05, 3.63) is 64.9 Å². The van der Waals surface area contributed by atoms with E-state index in [4.69, 9.17) is 9.68 Å². The van der Waals surface area contributed by atoms with Crippen molar-refractivity contribution in [2.45, 2.75) is 32.4 Å². The smallest absolute Gasteiger partial charge is 0.287 e. The zero-order valence-electron chi connectivity index (χ0n) is 17.4. The first-order chi connectivity index (χ1) is 14.6. The summed E-state index contributed by atoms with van der Waals surface area (Å²) in [6, 6.07) is 15.8. The highest BCUT2D eigenvalue weighted by molar-refractivity contribution is 5.97. The van der Waals surface area contributed by atoms with E-state index in [0.717, 1.165) is 54.7 Å². The average Bonchev–Trinajstić information content (AvgIpc) is 3.18. The van der Waals surface area contributed by atoms with Gasteiger partial charge in [0, 0.05) is 43.8 Å². The highest BCUT2D eigenvalue weighted by Gasteiger charge is 2.23. The number of carbonyl (C=O) groups excluding carboxylic acids is 1. The van der Waals surface area contributed by atoms with Gasteiger partial charge in [-0.15, -0.1) is 0 Å². The summed E-state index contributed by atoms with van der Waals surface area (Å²) in [7, 11) is 1.88. The predicted molar refractivity (Wildman–Crippen MR) is 117 cm³/mol. The molecule has 1 aromatic heterocycles. The van der Waals surface area contributed by atoms with Crippen molar-refractivity contribution >= 4 is 22.6 Å². The van der Waals surface area contributed by atoms with E-state index in [0.29, 0.717) is 11.3 Å². The molecule has 0 aliphatic carbocycles. The van der Waals surface area contributed by atoms with Crippen LogP contribution in [-0.4, -0.2) is 37.0 Å². The molecule has 2 heterocycles. The fourth-order valence-electron chi connectivity index (χ4n) is 4.00. The van der Waals surface area contributed by atoms with Crippen molar-refractivity contribution < 1.29 is 9.21 Å². The van der Waals surface area contributed by atoms with Gasteiger partial charge in [0.1, 0.15) is 5.58 Å². The van der Waals surface area contributed by atoms with Crippen LogP contribution in [0.1, 0.15) is 40.1 Å². The molecule has 4 rings (SSSR count). The number of likely N-dealkylation sites (tertiary alicyclic amines) is 1. The Bertz CT molecular complexity index is 1090. The molecule has 2 aromatic carbocycles. The molecule has 0 atom stereocenters. The van der Waals surface area contributed by atoms with Gasteiger partial charge in [0.2, 0.25) is 0 Å². The van der Waals surface area contributed by atoms with Gasteiger partial charge in [-0.05, 0) is 61.2 Å². The number of nitrogens with zero attached hydrogens (tertiary/aromatic N) is 2. The number of amides is 1. The summed E-state index contributed by atoms with van der Waals surface area (Å²) in [6.07, 6.45) is 1.82. The number of nitrogens with one attached hydrogen (secondary N) is 2. The summed E-state index contributed by atoms with van der Waals surface area (Å²) < 4.78 is 5.80. The molecule has 0 radical (unpaired) electrons. The maximum absolute atomic E-state index is 12.7. The standard InChI is InChI=1S/C24H26N4O2/c1-16-11-22-19(12-21(16)26-2)13-23(30-22)24(29)27-20-7-9-28(10-8-20)15-18-5-3-17(14-25)4-6-18/h3-6,11-13,20,26H,7-10,15H2,1-2H3,(H,27,29). The third kappa shape index (κ3) is 4.32. The molecule has 1 amide bonds. The van der Waals surface area contributed by atoms with Crippen molar-refractivity contribution in [1.82, 2.24) is 10.2 Å². The van der Waals surface area contributed by atoms with Crippen LogP contribution in [0, 0.1) is 18.3 Å². The van der Waals surface area contributed by atoms with Crippen LogP contribution >= 0.6 is 0 Å². The number of piperidine rings is 1. The van der Waals surface area contributed by atoms with Crippen LogP contribution in [0.5, 0.6) is 0 Å². The average molecular weight is 402 g/mol. The van der Waals surface area contributed by atoms with Crippen molar-refractivity contribution in [3.63, 3.8) is 0 Å². The summed E-state index contributed by atoms with van der Waals surface area (Å²) in [4.78, 5) is 15.1. The van der Waals surface area contributed by atoms with Crippen LogP contribution in [0.2, 0.25) is 0 Å². The lowest BCUT2D eigenvalue weighted by Gasteiger charge is -2.32. The first-order valence-electron chi connectivity index (χ1n) is 10.3. The zero-order chi connectivity index (χ0) is 21.1. The van der Waals surface area contributed by atoms with E-state index in [-0.39, 0.29) is 11.9 Å². The minimum atomic E-state index is -0.152. The molecule has 154 valence electrons. The van der Waals surface area contributed by atoms with Gasteiger partial charge in [-0.3, -0.25) is 9.69 Å². The second kappa shape index (κ2) is 8.60. The van der Waals surface area contributed by atoms with Gasteiger partial charge in [0.15, 0.2) is 5.76 Å². The van der Waals surface area contributed by atoms with Crippen molar-refractivity contribution in [3.8, 4) is 6.07 Å². The Kier molecular flexibility index (Phi) is 5.73. The molecule has 6 nitrogen and oxygen atoms in total. The lowest BCUT2D eigenvalue weighted by molar-refractivity contribution is 0.0883. The van der Waals surface area contributed by atoms with Crippen LogP contribution in [0.25, 0.3) is 11.0 Å². The van der Waals surface area contributed by atoms with E-state index in [2.05, 4.69) is 21.6 Å². The molecule has 0 spiro atoms. The lowest BCUT2D eigenvalue weighted by Crippen LogP contribution is -2.44. The second-order valence-corrected chi connectivity index (χ2v) is 7.90. The van der Waals surface area contributed by atoms with Gasteiger partial charge >= 0.3 is 0 Å². The van der Waals surface area contributed by atoms with Gasteiger partial charge in [-0.1, -0.05) is 12.1 Å². The predicted octanol–water partition coefficient (Wildman–Crippen LogP) is 4.05. The SMILES string of the molecule is CNc1cc2cc(C(=O)NC3CCN(Cc4ccc(C#N)cc4)CC3)oc2cc1C. The number of hydrogen-bond donors (Lipinski definition) is 2. The number of rotatable bonds is 5. The number of fused-ring (bicyclic) bond motifs is 1. The minimum absolute atomic E-state index is 0.150. The molecule has 1 saturated heterocycles. The fourth-order valence-corrected chi connectivity index (χ4v) is 4.00. The van der Waals surface area contributed by atoms with Crippen LogP contribution in [0.4, 0.5) is 5.69 Å². The molecule has 1 fully saturated rings. The monoisotopic (exact) mass is 402 g/mol. The number of hydrogen-bond acceptors (Lipinski definition) is 5. The first-order valence-corrected chi connectivity index (χ1v) is 10.3. The Morgan fingerprint density at radius 1 is 1.20 bits per heavy atom. The van der Waals surface area contributed by atoms with E-state index >= 15 is 0 Å². The van der Waals surface area contributed by atoms with Crippen LogP contribution in [0.3, 0.4) is 0 Å². The molecule has 3 aromatic rings. The number of anilines is 1. The van der Waals surface area contributed by atoms with E-state index in [1.54, 1.807) is 0 Å². The molecule has 1 aliphatic heterocycles. The lowest BCUT2D eigenvalue weighted by atomic mass is 10.0. The van der Waals surface area contributed by atoms with Crippen LogP contribution in [-0.2, 0) is 6.54 Å².